The zero-order valence-corrected chi connectivity index (χ0v) is 11.1. The standard InChI is InChI=1S/C14H20O3/c1-10(2)11-7-6-8-12(9-11)17-14(3,4)13(15)16-5/h6-10H,1-5H3. The third-order valence-corrected chi connectivity index (χ3v) is 2.57. The highest BCUT2D eigenvalue weighted by Gasteiger charge is 2.31. The van der Waals surface area contributed by atoms with E-state index in [1.165, 1.54) is 12.7 Å². The number of hydrogen-bond acceptors (Lipinski definition) is 3. The molecule has 94 valence electrons. The van der Waals surface area contributed by atoms with Crippen LogP contribution in [0.2, 0.25) is 0 Å². The molecule has 0 heterocycles. The number of ether oxygens (including phenoxy) is 2. The van der Waals surface area contributed by atoms with Gasteiger partial charge in [-0.15, -0.1) is 0 Å². The van der Waals surface area contributed by atoms with E-state index in [-0.39, 0.29) is 5.97 Å². The second-order valence-corrected chi connectivity index (χ2v) is 4.83. The lowest BCUT2D eigenvalue weighted by atomic mass is 10.0. The van der Waals surface area contributed by atoms with E-state index in [0.717, 1.165) is 0 Å². The van der Waals surface area contributed by atoms with Crippen molar-refractivity contribution in [2.75, 3.05) is 7.11 Å². The molecule has 0 saturated heterocycles. The number of rotatable bonds is 4. The summed E-state index contributed by atoms with van der Waals surface area (Å²) >= 11 is 0. The summed E-state index contributed by atoms with van der Waals surface area (Å²) in [5.41, 5.74) is 0.216. The van der Waals surface area contributed by atoms with E-state index in [2.05, 4.69) is 13.8 Å². The van der Waals surface area contributed by atoms with Gasteiger partial charge in [0.15, 0.2) is 5.60 Å². The van der Waals surface area contributed by atoms with Crippen molar-refractivity contribution < 1.29 is 14.3 Å². The van der Waals surface area contributed by atoms with Crippen LogP contribution in [-0.2, 0) is 9.53 Å². The molecule has 0 unspecified atom stereocenters. The van der Waals surface area contributed by atoms with Gasteiger partial charge in [-0.2, -0.15) is 0 Å². The van der Waals surface area contributed by atoms with Crippen LogP contribution in [0.15, 0.2) is 24.3 Å². The summed E-state index contributed by atoms with van der Waals surface area (Å²) in [6.45, 7) is 7.62. The highest BCUT2D eigenvalue weighted by Crippen LogP contribution is 2.24. The lowest BCUT2D eigenvalue weighted by Crippen LogP contribution is -2.39. The maximum atomic E-state index is 11.5. The Bertz CT molecular complexity index is 394. The first-order chi connectivity index (χ1) is 7.86. The predicted octanol–water partition coefficient (Wildman–Crippen LogP) is 3.14. The summed E-state index contributed by atoms with van der Waals surface area (Å²) in [7, 11) is 1.36. The van der Waals surface area contributed by atoms with Gasteiger partial charge >= 0.3 is 5.97 Å². The van der Waals surface area contributed by atoms with Crippen molar-refractivity contribution in [2.24, 2.45) is 0 Å². The Hall–Kier alpha value is -1.51. The molecule has 0 aromatic heterocycles. The number of benzene rings is 1. The molecule has 0 aliphatic carbocycles. The third kappa shape index (κ3) is 3.48. The molecule has 17 heavy (non-hydrogen) atoms. The van der Waals surface area contributed by atoms with Gasteiger partial charge in [0.1, 0.15) is 5.75 Å². The average Bonchev–Trinajstić information content (AvgIpc) is 2.27. The van der Waals surface area contributed by atoms with Gasteiger partial charge in [-0.1, -0.05) is 26.0 Å². The van der Waals surface area contributed by atoms with Crippen molar-refractivity contribution in [3.8, 4) is 5.75 Å². The molecule has 1 aromatic carbocycles. The molecule has 0 radical (unpaired) electrons. The Kier molecular flexibility index (Phi) is 4.16. The fourth-order valence-corrected chi connectivity index (χ4v) is 1.52. The maximum Gasteiger partial charge on any atom is 0.349 e. The number of carbonyl (C=O) groups excluding carboxylic acids is 1. The van der Waals surface area contributed by atoms with Crippen molar-refractivity contribution in [1.29, 1.82) is 0 Å². The second-order valence-electron chi connectivity index (χ2n) is 4.83. The molecule has 0 N–H and O–H groups in total. The molecule has 0 aliphatic heterocycles. The summed E-state index contributed by atoms with van der Waals surface area (Å²) < 4.78 is 10.4. The quantitative estimate of drug-likeness (QED) is 0.753. The van der Waals surface area contributed by atoms with Crippen molar-refractivity contribution >= 4 is 5.97 Å². The van der Waals surface area contributed by atoms with Crippen molar-refractivity contribution in [3.63, 3.8) is 0 Å². The van der Waals surface area contributed by atoms with Crippen molar-refractivity contribution in [3.05, 3.63) is 29.8 Å². The highest BCUT2D eigenvalue weighted by molar-refractivity contribution is 5.78. The number of methoxy groups -OCH3 is 1. The zero-order chi connectivity index (χ0) is 13.1. The molecule has 0 amide bonds. The van der Waals surface area contributed by atoms with E-state index in [1.54, 1.807) is 13.8 Å². The molecule has 0 aliphatic rings. The first kappa shape index (κ1) is 13.6. The predicted molar refractivity (Wildman–Crippen MR) is 67.3 cm³/mol. The minimum Gasteiger partial charge on any atom is -0.476 e. The summed E-state index contributed by atoms with van der Waals surface area (Å²) in [5.74, 6) is 0.735. The first-order valence-corrected chi connectivity index (χ1v) is 5.74. The number of esters is 1. The van der Waals surface area contributed by atoms with Crippen LogP contribution in [0, 0.1) is 0 Å². The molecule has 0 bridgehead atoms. The first-order valence-electron chi connectivity index (χ1n) is 5.74. The third-order valence-electron chi connectivity index (χ3n) is 2.57. The molecule has 0 fully saturated rings. The molecule has 0 spiro atoms. The topological polar surface area (TPSA) is 35.5 Å². The molecule has 3 nitrogen and oxygen atoms in total. The minimum absolute atomic E-state index is 0.382. The van der Waals surface area contributed by atoms with Gasteiger partial charge in [-0.3, -0.25) is 0 Å². The van der Waals surface area contributed by atoms with Gasteiger partial charge < -0.3 is 9.47 Å². The molecule has 0 saturated carbocycles. The van der Waals surface area contributed by atoms with E-state index in [4.69, 9.17) is 9.47 Å². The minimum atomic E-state index is -0.968. The summed E-state index contributed by atoms with van der Waals surface area (Å²) in [6.07, 6.45) is 0. The van der Waals surface area contributed by atoms with Crippen LogP contribution in [-0.4, -0.2) is 18.7 Å². The van der Waals surface area contributed by atoms with Gasteiger partial charge in [0, 0.05) is 0 Å². The van der Waals surface area contributed by atoms with Crippen LogP contribution in [0.4, 0.5) is 0 Å². The van der Waals surface area contributed by atoms with Crippen LogP contribution in [0.5, 0.6) is 5.75 Å². The van der Waals surface area contributed by atoms with Crippen LogP contribution < -0.4 is 4.74 Å². The Morgan fingerprint density at radius 2 is 1.94 bits per heavy atom. The molecule has 1 rings (SSSR count). The van der Waals surface area contributed by atoms with Crippen molar-refractivity contribution in [2.45, 2.75) is 39.2 Å². The summed E-state index contributed by atoms with van der Waals surface area (Å²) in [4.78, 5) is 11.5. The van der Waals surface area contributed by atoms with Crippen LogP contribution >= 0.6 is 0 Å². The molecule has 0 atom stereocenters. The zero-order valence-electron chi connectivity index (χ0n) is 11.1. The lowest BCUT2D eigenvalue weighted by Gasteiger charge is -2.23. The van der Waals surface area contributed by atoms with Crippen LogP contribution in [0.25, 0.3) is 0 Å². The smallest absolute Gasteiger partial charge is 0.349 e. The number of carbonyl (C=O) groups is 1. The molecule has 1 aromatic rings. The largest absolute Gasteiger partial charge is 0.476 e. The lowest BCUT2D eigenvalue weighted by molar-refractivity contribution is -0.156. The van der Waals surface area contributed by atoms with Crippen LogP contribution in [0.3, 0.4) is 0 Å². The van der Waals surface area contributed by atoms with Gasteiger partial charge in [0.05, 0.1) is 7.11 Å². The monoisotopic (exact) mass is 236 g/mol. The Labute approximate surface area is 103 Å². The van der Waals surface area contributed by atoms with Gasteiger partial charge in [0.25, 0.3) is 0 Å². The Morgan fingerprint density at radius 3 is 2.47 bits per heavy atom. The van der Waals surface area contributed by atoms with E-state index in [0.29, 0.717) is 11.7 Å². The SMILES string of the molecule is COC(=O)C(C)(C)Oc1cccc(C(C)C)c1. The Balaban J connectivity index is 2.88. The van der Waals surface area contributed by atoms with Crippen LogP contribution in [0.1, 0.15) is 39.2 Å². The molecular formula is C14H20O3. The van der Waals surface area contributed by atoms with Crippen molar-refractivity contribution in [1.82, 2.24) is 0 Å². The second kappa shape index (κ2) is 5.21. The fraction of sp³-hybridized carbons (Fsp3) is 0.500. The van der Waals surface area contributed by atoms with Gasteiger partial charge in [0.2, 0.25) is 0 Å². The highest BCUT2D eigenvalue weighted by atomic mass is 16.6. The fourth-order valence-electron chi connectivity index (χ4n) is 1.52. The van der Waals surface area contributed by atoms with E-state index < -0.39 is 5.60 Å². The normalized spacial score (nSPS) is 11.4. The molecular weight excluding hydrogens is 216 g/mol. The van der Waals surface area contributed by atoms with E-state index in [9.17, 15) is 4.79 Å². The Morgan fingerprint density at radius 1 is 1.29 bits per heavy atom. The van der Waals surface area contributed by atoms with Gasteiger partial charge in [-0.25, -0.2) is 4.79 Å². The number of hydrogen-bond donors (Lipinski definition) is 0. The average molecular weight is 236 g/mol. The van der Waals surface area contributed by atoms with E-state index >= 15 is 0 Å². The van der Waals surface area contributed by atoms with E-state index in [1.807, 2.05) is 24.3 Å². The van der Waals surface area contributed by atoms with Gasteiger partial charge in [-0.05, 0) is 37.5 Å². The summed E-state index contributed by atoms with van der Waals surface area (Å²) in [6, 6.07) is 7.77. The molecule has 3 heteroatoms. The summed E-state index contributed by atoms with van der Waals surface area (Å²) in [5, 5.41) is 0. The maximum absolute atomic E-state index is 11.5.